The van der Waals surface area contributed by atoms with Crippen molar-refractivity contribution in [3.05, 3.63) is 65.2 Å². The van der Waals surface area contributed by atoms with Crippen LogP contribution in [0, 0.1) is 12.7 Å². The number of nitrogens with one attached hydrogen (secondary N) is 1. The molecule has 0 fully saturated rings. The Morgan fingerprint density at radius 2 is 1.74 bits per heavy atom. The van der Waals surface area contributed by atoms with Gasteiger partial charge in [-0.15, -0.1) is 0 Å². The maximum atomic E-state index is 13.0. The quantitative estimate of drug-likeness (QED) is 0.906. The van der Waals surface area contributed by atoms with Crippen molar-refractivity contribution in [3.8, 4) is 0 Å². The zero-order valence-electron chi connectivity index (χ0n) is 11.5. The van der Waals surface area contributed by atoms with Crippen molar-refractivity contribution in [1.29, 1.82) is 0 Å². The van der Waals surface area contributed by atoms with Crippen molar-refractivity contribution in [2.24, 2.45) is 0 Å². The fourth-order valence-corrected chi connectivity index (χ4v) is 2.00. The maximum absolute atomic E-state index is 13.0. The minimum atomic E-state index is -0.309. The second-order valence-corrected chi connectivity index (χ2v) is 5.07. The van der Waals surface area contributed by atoms with Crippen LogP contribution in [-0.2, 0) is 0 Å². The molecule has 1 aromatic heterocycles. The Hall–Kier alpha value is -1.74. The predicted octanol–water partition coefficient (Wildman–Crippen LogP) is 3.62. The summed E-state index contributed by atoms with van der Waals surface area (Å²) in [6, 6.07) is 11.8. The van der Waals surface area contributed by atoms with Crippen molar-refractivity contribution in [2.75, 3.05) is 0 Å². The van der Waals surface area contributed by atoms with Crippen LogP contribution in [0.4, 0.5) is 4.39 Å². The summed E-state index contributed by atoms with van der Waals surface area (Å²) < 4.78 is 13.0. The van der Waals surface area contributed by atoms with Gasteiger partial charge in [0.25, 0.3) is 0 Å². The SMILES string of the molecule is Cc1ccc(C(NC(C)C)c2ccc(F)cn2)cc1. The Labute approximate surface area is 113 Å². The minimum absolute atomic E-state index is 0.0128. The summed E-state index contributed by atoms with van der Waals surface area (Å²) in [5.74, 6) is -0.309. The van der Waals surface area contributed by atoms with Crippen molar-refractivity contribution in [3.63, 3.8) is 0 Å². The van der Waals surface area contributed by atoms with Gasteiger partial charge in [0, 0.05) is 6.04 Å². The van der Waals surface area contributed by atoms with E-state index >= 15 is 0 Å². The third kappa shape index (κ3) is 3.61. The second-order valence-electron chi connectivity index (χ2n) is 5.07. The smallest absolute Gasteiger partial charge is 0.141 e. The fraction of sp³-hybridized carbons (Fsp3) is 0.312. The van der Waals surface area contributed by atoms with E-state index < -0.39 is 0 Å². The van der Waals surface area contributed by atoms with Crippen LogP contribution in [0.2, 0.25) is 0 Å². The average Bonchev–Trinajstić information content (AvgIpc) is 2.38. The molecule has 100 valence electrons. The first-order valence-corrected chi connectivity index (χ1v) is 6.50. The van der Waals surface area contributed by atoms with Gasteiger partial charge < -0.3 is 5.32 Å². The van der Waals surface area contributed by atoms with Crippen LogP contribution in [0.25, 0.3) is 0 Å². The van der Waals surface area contributed by atoms with Gasteiger partial charge in [-0.25, -0.2) is 4.39 Å². The van der Waals surface area contributed by atoms with E-state index in [1.54, 1.807) is 6.07 Å². The number of benzene rings is 1. The van der Waals surface area contributed by atoms with E-state index in [4.69, 9.17) is 0 Å². The van der Waals surface area contributed by atoms with Crippen molar-refractivity contribution < 1.29 is 4.39 Å². The Bertz CT molecular complexity index is 472. The highest BCUT2D eigenvalue weighted by atomic mass is 19.1. The molecule has 0 bridgehead atoms. The van der Waals surface area contributed by atoms with Gasteiger partial charge in [-0.05, 0) is 38.5 Å². The number of nitrogens with zero attached hydrogens (tertiary/aromatic N) is 1. The van der Waals surface area contributed by atoms with Gasteiger partial charge in [-0.1, -0.05) is 29.8 Å². The molecule has 3 heteroatoms. The van der Waals surface area contributed by atoms with Crippen LogP contribution in [0.15, 0.2) is 42.6 Å². The topological polar surface area (TPSA) is 24.9 Å². The highest BCUT2D eigenvalue weighted by molar-refractivity contribution is 5.30. The van der Waals surface area contributed by atoms with Gasteiger partial charge >= 0.3 is 0 Å². The molecule has 0 saturated carbocycles. The Morgan fingerprint density at radius 3 is 2.26 bits per heavy atom. The van der Waals surface area contributed by atoms with E-state index in [-0.39, 0.29) is 11.9 Å². The minimum Gasteiger partial charge on any atom is -0.303 e. The molecular weight excluding hydrogens is 239 g/mol. The molecule has 2 nitrogen and oxygen atoms in total. The third-order valence-corrected chi connectivity index (χ3v) is 2.96. The highest BCUT2D eigenvalue weighted by Gasteiger charge is 2.16. The molecular formula is C16H19FN2. The molecule has 0 spiro atoms. The standard InChI is InChI=1S/C16H19FN2/c1-11(2)19-16(13-6-4-12(3)5-7-13)15-9-8-14(17)10-18-15/h4-11,16,19H,1-3H3. The van der Waals surface area contributed by atoms with Crippen LogP contribution in [0.1, 0.15) is 36.7 Å². The Kier molecular flexibility index (Phi) is 4.27. The van der Waals surface area contributed by atoms with E-state index in [2.05, 4.69) is 55.3 Å². The first-order chi connectivity index (χ1) is 9.06. The van der Waals surface area contributed by atoms with Crippen LogP contribution < -0.4 is 5.32 Å². The second kappa shape index (κ2) is 5.93. The van der Waals surface area contributed by atoms with E-state index in [9.17, 15) is 4.39 Å². The van der Waals surface area contributed by atoms with Gasteiger partial charge in [0.2, 0.25) is 0 Å². The first kappa shape index (κ1) is 13.7. The van der Waals surface area contributed by atoms with E-state index in [0.29, 0.717) is 6.04 Å². The molecule has 2 rings (SSSR count). The number of hydrogen-bond donors (Lipinski definition) is 1. The lowest BCUT2D eigenvalue weighted by molar-refractivity contribution is 0.517. The van der Waals surface area contributed by atoms with Gasteiger partial charge in [0.1, 0.15) is 5.82 Å². The molecule has 0 amide bonds. The molecule has 0 aliphatic rings. The van der Waals surface area contributed by atoms with Gasteiger partial charge in [-0.3, -0.25) is 4.98 Å². The molecule has 19 heavy (non-hydrogen) atoms. The van der Waals surface area contributed by atoms with Crippen molar-refractivity contribution >= 4 is 0 Å². The molecule has 1 atom stereocenters. The Balaban J connectivity index is 2.35. The highest BCUT2D eigenvalue weighted by Crippen LogP contribution is 2.21. The van der Waals surface area contributed by atoms with E-state index in [0.717, 1.165) is 11.3 Å². The number of aryl methyl sites for hydroxylation is 1. The van der Waals surface area contributed by atoms with Crippen molar-refractivity contribution in [1.82, 2.24) is 10.3 Å². The summed E-state index contributed by atoms with van der Waals surface area (Å²) in [7, 11) is 0. The molecule has 1 unspecified atom stereocenters. The lowest BCUT2D eigenvalue weighted by Gasteiger charge is -2.21. The number of hydrogen-bond acceptors (Lipinski definition) is 2. The van der Waals surface area contributed by atoms with E-state index in [1.807, 2.05) is 0 Å². The predicted molar refractivity (Wildman–Crippen MR) is 75.5 cm³/mol. The summed E-state index contributed by atoms with van der Waals surface area (Å²) >= 11 is 0. The normalized spacial score (nSPS) is 12.7. The molecule has 0 radical (unpaired) electrons. The molecule has 0 saturated heterocycles. The average molecular weight is 258 g/mol. The van der Waals surface area contributed by atoms with Gasteiger partial charge in [0.15, 0.2) is 0 Å². The fourth-order valence-electron chi connectivity index (χ4n) is 2.00. The number of halogens is 1. The zero-order valence-corrected chi connectivity index (χ0v) is 11.5. The van der Waals surface area contributed by atoms with Crippen LogP contribution >= 0.6 is 0 Å². The van der Waals surface area contributed by atoms with Crippen LogP contribution in [0.5, 0.6) is 0 Å². The zero-order chi connectivity index (χ0) is 13.8. The number of aromatic nitrogens is 1. The van der Waals surface area contributed by atoms with Gasteiger partial charge in [0.05, 0.1) is 17.9 Å². The summed E-state index contributed by atoms with van der Waals surface area (Å²) in [6.07, 6.45) is 1.26. The molecule has 2 aromatic rings. The lowest BCUT2D eigenvalue weighted by Crippen LogP contribution is -2.29. The number of rotatable bonds is 4. The van der Waals surface area contributed by atoms with Crippen molar-refractivity contribution in [2.45, 2.75) is 32.9 Å². The summed E-state index contributed by atoms with van der Waals surface area (Å²) in [5.41, 5.74) is 3.19. The van der Waals surface area contributed by atoms with Crippen LogP contribution in [-0.4, -0.2) is 11.0 Å². The molecule has 1 N–H and O–H groups in total. The molecule has 1 heterocycles. The first-order valence-electron chi connectivity index (χ1n) is 6.50. The third-order valence-electron chi connectivity index (χ3n) is 2.96. The largest absolute Gasteiger partial charge is 0.303 e. The van der Waals surface area contributed by atoms with E-state index in [1.165, 1.54) is 17.8 Å². The molecule has 1 aromatic carbocycles. The molecule has 0 aliphatic carbocycles. The van der Waals surface area contributed by atoms with Gasteiger partial charge in [-0.2, -0.15) is 0 Å². The summed E-state index contributed by atoms with van der Waals surface area (Å²) in [4.78, 5) is 4.19. The Morgan fingerprint density at radius 1 is 1.05 bits per heavy atom. The lowest BCUT2D eigenvalue weighted by atomic mass is 10.0. The summed E-state index contributed by atoms with van der Waals surface area (Å²) in [6.45, 7) is 6.24. The number of pyridine rings is 1. The molecule has 0 aliphatic heterocycles. The monoisotopic (exact) mass is 258 g/mol. The summed E-state index contributed by atoms with van der Waals surface area (Å²) in [5, 5.41) is 3.47. The van der Waals surface area contributed by atoms with Crippen LogP contribution in [0.3, 0.4) is 0 Å². The maximum Gasteiger partial charge on any atom is 0.141 e.